The molecule has 134 valence electrons. The number of ether oxygens (including phenoxy) is 2. The Bertz CT molecular complexity index is 673. The van der Waals surface area contributed by atoms with Crippen molar-refractivity contribution in [2.24, 2.45) is 0 Å². The van der Waals surface area contributed by atoms with Crippen molar-refractivity contribution in [1.29, 1.82) is 0 Å². The maximum Gasteiger partial charge on any atom is 0.261 e. The first kappa shape index (κ1) is 18.8. The number of rotatable bonds is 9. The van der Waals surface area contributed by atoms with E-state index in [9.17, 15) is 9.18 Å². The van der Waals surface area contributed by atoms with E-state index in [0.29, 0.717) is 19.6 Å². The van der Waals surface area contributed by atoms with Crippen LogP contribution in [-0.2, 0) is 11.2 Å². The molecule has 25 heavy (non-hydrogen) atoms. The molecule has 0 radical (unpaired) electrons. The van der Waals surface area contributed by atoms with Crippen LogP contribution < -0.4 is 14.8 Å². The van der Waals surface area contributed by atoms with E-state index in [0.717, 1.165) is 12.2 Å². The highest BCUT2D eigenvalue weighted by atomic mass is 19.1. The molecule has 1 atom stereocenters. The zero-order valence-corrected chi connectivity index (χ0v) is 14.6. The zero-order chi connectivity index (χ0) is 18.1. The van der Waals surface area contributed by atoms with Gasteiger partial charge in [-0.3, -0.25) is 4.79 Å². The van der Waals surface area contributed by atoms with Crippen molar-refractivity contribution in [2.75, 3.05) is 13.2 Å². The Hall–Kier alpha value is -2.56. The van der Waals surface area contributed by atoms with E-state index in [1.165, 1.54) is 17.7 Å². The van der Waals surface area contributed by atoms with Gasteiger partial charge in [0.15, 0.2) is 17.7 Å². The molecule has 0 fully saturated rings. The molecule has 2 aromatic carbocycles. The van der Waals surface area contributed by atoms with Crippen molar-refractivity contribution >= 4 is 5.91 Å². The minimum Gasteiger partial charge on any atom is -0.492 e. The molecule has 0 bridgehead atoms. The van der Waals surface area contributed by atoms with E-state index in [-0.39, 0.29) is 11.7 Å². The largest absolute Gasteiger partial charge is 0.492 e. The van der Waals surface area contributed by atoms with Crippen molar-refractivity contribution in [3.63, 3.8) is 0 Å². The number of halogens is 1. The van der Waals surface area contributed by atoms with E-state index in [1.807, 2.05) is 31.2 Å². The first-order valence-corrected chi connectivity index (χ1v) is 8.54. The van der Waals surface area contributed by atoms with E-state index in [1.54, 1.807) is 12.1 Å². The van der Waals surface area contributed by atoms with Crippen LogP contribution in [0.3, 0.4) is 0 Å². The van der Waals surface area contributed by atoms with Crippen LogP contribution in [-0.4, -0.2) is 25.2 Å². The molecule has 0 aliphatic carbocycles. The van der Waals surface area contributed by atoms with Gasteiger partial charge in [0.25, 0.3) is 5.91 Å². The molecule has 1 amide bonds. The summed E-state index contributed by atoms with van der Waals surface area (Å²) in [6.45, 7) is 4.62. The van der Waals surface area contributed by atoms with Crippen molar-refractivity contribution in [3.8, 4) is 11.5 Å². The minimum absolute atomic E-state index is 0.0803. The van der Waals surface area contributed by atoms with E-state index >= 15 is 0 Å². The van der Waals surface area contributed by atoms with Gasteiger partial charge in [-0.1, -0.05) is 38.1 Å². The number of benzene rings is 2. The van der Waals surface area contributed by atoms with Crippen molar-refractivity contribution < 1.29 is 18.7 Å². The molecule has 0 spiro atoms. The quantitative estimate of drug-likeness (QED) is 0.704. The van der Waals surface area contributed by atoms with E-state index in [4.69, 9.17) is 9.47 Å². The Balaban J connectivity index is 1.76. The Kier molecular flexibility index (Phi) is 7.26. The normalized spacial score (nSPS) is 11.6. The summed E-state index contributed by atoms with van der Waals surface area (Å²) in [6.07, 6.45) is 0.691. The van der Waals surface area contributed by atoms with E-state index < -0.39 is 11.9 Å². The number of aryl methyl sites for hydroxylation is 1. The van der Waals surface area contributed by atoms with E-state index in [2.05, 4.69) is 12.2 Å². The number of hydrogen-bond acceptors (Lipinski definition) is 3. The standard InChI is InChI=1S/C20H24FNO3/c1-3-15-9-11-16(12-10-15)24-14-13-22-20(23)18(4-2)25-19-8-6-5-7-17(19)21/h5-12,18H,3-4,13-14H2,1-2H3,(H,22,23). The van der Waals surface area contributed by atoms with Crippen LogP contribution in [0.1, 0.15) is 25.8 Å². The molecule has 0 heterocycles. The lowest BCUT2D eigenvalue weighted by molar-refractivity contribution is -0.128. The lowest BCUT2D eigenvalue weighted by Gasteiger charge is -2.17. The highest BCUT2D eigenvalue weighted by molar-refractivity contribution is 5.81. The van der Waals surface area contributed by atoms with Gasteiger partial charge in [0, 0.05) is 0 Å². The fourth-order valence-corrected chi connectivity index (χ4v) is 2.29. The Morgan fingerprint density at radius 3 is 2.48 bits per heavy atom. The fourth-order valence-electron chi connectivity index (χ4n) is 2.29. The van der Waals surface area contributed by atoms with Gasteiger partial charge < -0.3 is 14.8 Å². The summed E-state index contributed by atoms with van der Waals surface area (Å²) in [4.78, 5) is 12.2. The Morgan fingerprint density at radius 2 is 1.84 bits per heavy atom. The van der Waals surface area contributed by atoms with Crippen molar-refractivity contribution in [1.82, 2.24) is 5.32 Å². The van der Waals surface area contributed by atoms with Crippen LogP contribution in [0.4, 0.5) is 4.39 Å². The summed E-state index contributed by atoms with van der Waals surface area (Å²) in [5.74, 6) is 0.0844. The smallest absolute Gasteiger partial charge is 0.261 e. The Labute approximate surface area is 148 Å². The molecule has 2 aromatic rings. The van der Waals surface area contributed by atoms with Gasteiger partial charge in [0.1, 0.15) is 12.4 Å². The Morgan fingerprint density at radius 1 is 1.12 bits per heavy atom. The van der Waals surface area contributed by atoms with Crippen LogP contribution in [0, 0.1) is 5.82 Å². The van der Waals surface area contributed by atoms with Crippen molar-refractivity contribution in [3.05, 3.63) is 59.9 Å². The van der Waals surface area contributed by atoms with Gasteiger partial charge in [-0.25, -0.2) is 4.39 Å². The average Bonchev–Trinajstić information content (AvgIpc) is 2.65. The fraction of sp³-hybridized carbons (Fsp3) is 0.350. The van der Waals surface area contributed by atoms with Crippen LogP contribution >= 0.6 is 0 Å². The van der Waals surface area contributed by atoms with Crippen LogP contribution in [0.2, 0.25) is 0 Å². The maximum absolute atomic E-state index is 13.6. The number of carbonyl (C=O) groups is 1. The summed E-state index contributed by atoms with van der Waals surface area (Å²) in [6, 6.07) is 13.9. The van der Waals surface area contributed by atoms with Gasteiger partial charge in [0.05, 0.1) is 6.54 Å². The molecular weight excluding hydrogens is 321 g/mol. The molecular formula is C20H24FNO3. The molecule has 0 saturated carbocycles. The second kappa shape index (κ2) is 9.67. The number of nitrogens with one attached hydrogen (secondary N) is 1. The zero-order valence-electron chi connectivity index (χ0n) is 14.6. The van der Waals surface area contributed by atoms with Crippen LogP contribution in [0.15, 0.2) is 48.5 Å². The van der Waals surface area contributed by atoms with Gasteiger partial charge in [-0.05, 0) is 42.7 Å². The van der Waals surface area contributed by atoms with Crippen molar-refractivity contribution in [2.45, 2.75) is 32.8 Å². The monoisotopic (exact) mass is 345 g/mol. The molecule has 4 nitrogen and oxygen atoms in total. The summed E-state index contributed by atoms with van der Waals surface area (Å²) in [5.41, 5.74) is 1.25. The second-order valence-electron chi connectivity index (χ2n) is 5.58. The third kappa shape index (κ3) is 5.78. The molecule has 0 aliphatic heterocycles. The third-order valence-corrected chi connectivity index (χ3v) is 3.77. The summed E-state index contributed by atoms with van der Waals surface area (Å²) in [7, 11) is 0. The second-order valence-corrected chi connectivity index (χ2v) is 5.58. The molecule has 0 aliphatic rings. The predicted octanol–water partition coefficient (Wildman–Crippen LogP) is 3.74. The molecule has 0 aromatic heterocycles. The van der Waals surface area contributed by atoms with Crippen LogP contribution in [0.5, 0.6) is 11.5 Å². The summed E-state index contributed by atoms with van der Waals surface area (Å²) < 4.78 is 24.7. The lowest BCUT2D eigenvalue weighted by Crippen LogP contribution is -2.39. The lowest BCUT2D eigenvalue weighted by atomic mass is 10.2. The summed E-state index contributed by atoms with van der Waals surface area (Å²) in [5, 5.41) is 2.75. The molecule has 2 rings (SSSR count). The highest BCUT2D eigenvalue weighted by Crippen LogP contribution is 2.18. The molecule has 5 heteroatoms. The molecule has 1 N–H and O–H groups in total. The first-order valence-electron chi connectivity index (χ1n) is 8.54. The van der Waals surface area contributed by atoms with Gasteiger partial charge in [0.2, 0.25) is 0 Å². The highest BCUT2D eigenvalue weighted by Gasteiger charge is 2.19. The topological polar surface area (TPSA) is 47.6 Å². The average molecular weight is 345 g/mol. The number of amides is 1. The molecule has 0 saturated heterocycles. The number of carbonyl (C=O) groups excluding carboxylic acids is 1. The minimum atomic E-state index is -0.735. The third-order valence-electron chi connectivity index (χ3n) is 3.77. The van der Waals surface area contributed by atoms with Gasteiger partial charge >= 0.3 is 0 Å². The summed E-state index contributed by atoms with van der Waals surface area (Å²) >= 11 is 0. The first-order chi connectivity index (χ1) is 12.1. The van der Waals surface area contributed by atoms with Gasteiger partial charge in [-0.15, -0.1) is 0 Å². The van der Waals surface area contributed by atoms with Crippen LogP contribution in [0.25, 0.3) is 0 Å². The number of para-hydroxylation sites is 1. The SMILES string of the molecule is CCc1ccc(OCCNC(=O)C(CC)Oc2ccccc2F)cc1. The number of hydrogen-bond donors (Lipinski definition) is 1. The predicted molar refractivity (Wildman–Crippen MR) is 95.4 cm³/mol. The van der Waals surface area contributed by atoms with Gasteiger partial charge in [-0.2, -0.15) is 0 Å². The molecule has 1 unspecified atom stereocenters. The maximum atomic E-state index is 13.6.